The third-order valence-corrected chi connectivity index (χ3v) is 4.16. The molecule has 0 saturated carbocycles. The van der Waals surface area contributed by atoms with E-state index in [-0.39, 0.29) is 17.1 Å². The number of hydrogen-bond acceptors (Lipinski definition) is 5. The smallest absolute Gasteiger partial charge is 0.310 e. The zero-order valence-electron chi connectivity index (χ0n) is 14.7. The summed E-state index contributed by atoms with van der Waals surface area (Å²) in [6.45, 7) is 1.33. The van der Waals surface area contributed by atoms with E-state index in [1.54, 1.807) is 24.3 Å². The minimum absolute atomic E-state index is 0.0936. The predicted molar refractivity (Wildman–Crippen MR) is 99.7 cm³/mol. The molecule has 0 aliphatic carbocycles. The van der Waals surface area contributed by atoms with E-state index in [0.717, 1.165) is 6.07 Å². The second-order valence-electron chi connectivity index (χ2n) is 6.04. The van der Waals surface area contributed by atoms with Gasteiger partial charge in [0, 0.05) is 5.02 Å². The maximum absolute atomic E-state index is 13.7. The molecule has 1 heterocycles. The van der Waals surface area contributed by atoms with E-state index in [1.165, 1.54) is 19.1 Å². The summed E-state index contributed by atoms with van der Waals surface area (Å²) in [5.41, 5.74) is 0.416. The average Bonchev–Trinajstić information content (AvgIpc) is 2.64. The highest BCUT2D eigenvalue weighted by Gasteiger charge is 2.31. The van der Waals surface area contributed by atoms with Crippen LogP contribution >= 0.6 is 11.6 Å². The highest BCUT2D eigenvalue weighted by molar-refractivity contribution is 6.30. The normalized spacial score (nSPS) is 16.2. The fourth-order valence-corrected chi connectivity index (χ4v) is 2.66. The van der Waals surface area contributed by atoms with Gasteiger partial charge in [0.15, 0.2) is 12.2 Å². The van der Waals surface area contributed by atoms with Crippen LogP contribution in [0.4, 0.5) is 15.8 Å². The Balaban J connectivity index is 1.55. The molecule has 0 spiro atoms. The number of amides is 2. The Hall–Kier alpha value is -3.13. The van der Waals surface area contributed by atoms with Crippen LogP contribution in [0.5, 0.6) is 5.75 Å². The maximum Gasteiger partial charge on any atom is 0.310 e. The monoisotopic (exact) mass is 406 g/mol. The number of carbonyl (C=O) groups excluding carboxylic acids is 3. The summed E-state index contributed by atoms with van der Waals surface area (Å²) in [6, 6.07) is 10.5. The molecular weight excluding hydrogens is 391 g/mol. The second kappa shape index (κ2) is 8.26. The van der Waals surface area contributed by atoms with E-state index in [0.29, 0.717) is 11.4 Å². The van der Waals surface area contributed by atoms with Crippen LogP contribution in [-0.4, -0.2) is 30.0 Å². The van der Waals surface area contributed by atoms with Gasteiger partial charge < -0.3 is 20.1 Å². The Morgan fingerprint density at radius 3 is 2.82 bits per heavy atom. The highest BCUT2D eigenvalue weighted by atomic mass is 35.5. The summed E-state index contributed by atoms with van der Waals surface area (Å²) in [5, 5.41) is 5.12. The Morgan fingerprint density at radius 1 is 1.32 bits per heavy atom. The second-order valence-corrected chi connectivity index (χ2v) is 6.48. The minimum atomic E-state index is -1.21. The molecule has 2 aromatic rings. The molecule has 28 heavy (non-hydrogen) atoms. The number of anilines is 2. The number of ether oxygens (including phenoxy) is 2. The van der Waals surface area contributed by atoms with Crippen molar-refractivity contribution in [3.05, 3.63) is 53.3 Å². The third kappa shape index (κ3) is 4.58. The Kier molecular flexibility index (Phi) is 5.79. The van der Waals surface area contributed by atoms with Crippen LogP contribution in [0.25, 0.3) is 0 Å². The molecule has 0 unspecified atom stereocenters. The van der Waals surface area contributed by atoms with Gasteiger partial charge in [-0.05, 0) is 37.3 Å². The summed E-state index contributed by atoms with van der Waals surface area (Å²) in [4.78, 5) is 36.2. The zero-order chi connectivity index (χ0) is 20.3. The average molecular weight is 407 g/mol. The van der Waals surface area contributed by atoms with Crippen LogP contribution < -0.4 is 15.4 Å². The fraction of sp³-hybridized carbons (Fsp3) is 0.211. The molecule has 0 aromatic heterocycles. The van der Waals surface area contributed by atoms with E-state index >= 15 is 0 Å². The molecule has 2 atom stereocenters. The Morgan fingerprint density at radius 2 is 2.07 bits per heavy atom. The largest absolute Gasteiger partial charge is 0.478 e. The molecule has 9 heteroatoms. The maximum atomic E-state index is 13.7. The van der Waals surface area contributed by atoms with Crippen molar-refractivity contribution >= 4 is 40.8 Å². The summed E-state index contributed by atoms with van der Waals surface area (Å²) in [7, 11) is 0. The first-order valence-electron chi connectivity index (χ1n) is 8.35. The van der Waals surface area contributed by atoms with Gasteiger partial charge in [-0.15, -0.1) is 0 Å². The van der Waals surface area contributed by atoms with Gasteiger partial charge in [0.25, 0.3) is 11.8 Å². The van der Waals surface area contributed by atoms with Gasteiger partial charge in [-0.25, -0.2) is 4.39 Å². The number of carbonyl (C=O) groups is 3. The lowest BCUT2D eigenvalue weighted by Crippen LogP contribution is -2.40. The van der Waals surface area contributed by atoms with E-state index in [9.17, 15) is 18.8 Å². The number of benzene rings is 2. The summed E-state index contributed by atoms with van der Waals surface area (Å²) >= 11 is 5.65. The number of esters is 1. The van der Waals surface area contributed by atoms with Gasteiger partial charge >= 0.3 is 5.97 Å². The number of halogens is 2. The number of fused-ring (bicyclic) bond motifs is 1. The Labute approximate surface area is 164 Å². The van der Waals surface area contributed by atoms with Crippen LogP contribution in [0.1, 0.15) is 13.3 Å². The van der Waals surface area contributed by atoms with Gasteiger partial charge in [-0.2, -0.15) is 0 Å². The number of rotatable bonds is 5. The molecule has 1 aliphatic rings. The van der Waals surface area contributed by atoms with Crippen molar-refractivity contribution in [3.63, 3.8) is 0 Å². The van der Waals surface area contributed by atoms with Crippen molar-refractivity contribution in [3.8, 4) is 5.75 Å². The van der Waals surface area contributed by atoms with Crippen LogP contribution in [0.15, 0.2) is 42.5 Å². The molecule has 0 fully saturated rings. The van der Waals surface area contributed by atoms with Crippen LogP contribution in [0, 0.1) is 5.82 Å². The summed E-state index contributed by atoms with van der Waals surface area (Å²) < 4.78 is 24.3. The van der Waals surface area contributed by atoms with Crippen molar-refractivity contribution < 1.29 is 28.2 Å². The van der Waals surface area contributed by atoms with Crippen molar-refractivity contribution in [2.45, 2.75) is 25.6 Å². The lowest BCUT2D eigenvalue weighted by molar-refractivity contribution is -0.155. The first-order valence-corrected chi connectivity index (χ1v) is 8.73. The standard InChI is InChI=1S/C19H16ClFN2O5/c1-10(18(25)22-13-7-6-11(20)8-12(13)21)27-17(24)9-16-19(26)23-14-4-2-3-5-15(14)28-16/h2-8,10,16H,9H2,1H3,(H,22,25)(H,23,26)/t10-,16-/m0/s1. The predicted octanol–water partition coefficient (Wildman–Crippen LogP) is 3.14. The molecule has 2 N–H and O–H groups in total. The van der Waals surface area contributed by atoms with Gasteiger partial charge in [0.1, 0.15) is 11.6 Å². The van der Waals surface area contributed by atoms with Crippen molar-refractivity contribution in [2.24, 2.45) is 0 Å². The molecule has 2 aromatic carbocycles. The highest BCUT2D eigenvalue weighted by Crippen LogP contribution is 2.29. The molecule has 0 bridgehead atoms. The molecule has 7 nitrogen and oxygen atoms in total. The first-order chi connectivity index (χ1) is 13.3. The van der Waals surface area contributed by atoms with E-state index in [1.807, 2.05) is 0 Å². The molecule has 3 rings (SSSR count). The van der Waals surface area contributed by atoms with E-state index in [2.05, 4.69) is 10.6 Å². The Bertz CT molecular complexity index is 936. The number of nitrogens with one attached hydrogen (secondary N) is 2. The topological polar surface area (TPSA) is 93.7 Å². The van der Waals surface area contributed by atoms with Crippen LogP contribution in [0.3, 0.4) is 0 Å². The van der Waals surface area contributed by atoms with Crippen molar-refractivity contribution in [1.82, 2.24) is 0 Å². The SMILES string of the molecule is C[C@H](OC(=O)C[C@@H]1Oc2ccccc2NC1=O)C(=O)Nc1ccc(Cl)cc1F. The van der Waals surface area contributed by atoms with Gasteiger partial charge in [0.05, 0.1) is 17.8 Å². The van der Waals surface area contributed by atoms with Crippen molar-refractivity contribution in [1.29, 1.82) is 0 Å². The number of hydrogen-bond donors (Lipinski definition) is 2. The quantitative estimate of drug-likeness (QED) is 0.744. The van der Waals surface area contributed by atoms with Crippen LogP contribution in [0.2, 0.25) is 5.02 Å². The lowest BCUT2D eigenvalue weighted by atomic mass is 10.1. The van der Waals surface area contributed by atoms with E-state index in [4.69, 9.17) is 21.1 Å². The molecule has 0 saturated heterocycles. The van der Waals surface area contributed by atoms with Crippen molar-refractivity contribution in [2.75, 3.05) is 10.6 Å². The summed E-state index contributed by atoms with van der Waals surface area (Å²) in [5.74, 6) is -2.31. The molecule has 2 amide bonds. The third-order valence-electron chi connectivity index (χ3n) is 3.93. The summed E-state index contributed by atoms with van der Waals surface area (Å²) in [6.07, 6.45) is -2.67. The molecular formula is C19H16ClFN2O5. The lowest BCUT2D eigenvalue weighted by Gasteiger charge is -2.25. The first kappa shape index (κ1) is 19.6. The van der Waals surface area contributed by atoms with Gasteiger partial charge in [-0.3, -0.25) is 14.4 Å². The van der Waals surface area contributed by atoms with Gasteiger partial charge in [0.2, 0.25) is 0 Å². The molecule has 0 radical (unpaired) electrons. The minimum Gasteiger partial charge on any atom is -0.478 e. The number of para-hydroxylation sites is 2. The molecule has 146 valence electrons. The van der Waals surface area contributed by atoms with E-state index < -0.39 is 35.8 Å². The fourth-order valence-electron chi connectivity index (χ4n) is 2.50. The molecule has 1 aliphatic heterocycles. The van der Waals surface area contributed by atoms with Crippen LogP contribution in [-0.2, 0) is 19.1 Å². The van der Waals surface area contributed by atoms with Gasteiger partial charge in [-0.1, -0.05) is 23.7 Å². The zero-order valence-corrected chi connectivity index (χ0v) is 15.5.